The number of benzene rings is 1. The summed E-state index contributed by atoms with van der Waals surface area (Å²) in [5.74, 6) is 0.598. The molecule has 1 aliphatic rings. The van der Waals surface area contributed by atoms with Crippen LogP contribution >= 0.6 is 11.3 Å². The number of carbonyl (C=O) groups excluding carboxylic acids is 1. The first kappa shape index (κ1) is 24.3. The van der Waals surface area contributed by atoms with E-state index in [1.165, 1.54) is 22.2 Å². The molecule has 0 saturated carbocycles. The van der Waals surface area contributed by atoms with Crippen molar-refractivity contribution in [2.24, 2.45) is 0 Å². The van der Waals surface area contributed by atoms with E-state index in [2.05, 4.69) is 9.88 Å². The van der Waals surface area contributed by atoms with Crippen LogP contribution in [-0.4, -0.2) is 71.3 Å². The van der Waals surface area contributed by atoms with E-state index in [-0.39, 0.29) is 18.0 Å². The Kier molecular flexibility index (Phi) is 7.91. The second kappa shape index (κ2) is 11.1. The zero-order chi connectivity index (χ0) is 24.1. The normalized spacial score (nSPS) is 14.4. The number of ether oxygens (including phenoxy) is 2. The molecule has 1 fully saturated rings. The molecule has 0 atom stereocenters. The zero-order valence-electron chi connectivity index (χ0n) is 20.0. The average molecular weight is 486 g/mol. The minimum Gasteiger partial charge on any atom is -0.494 e. The van der Waals surface area contributed by atoms with Gasteiger partial charge in [-0.25, -0.2) is 9.97 Å². The van der Waals surface area contributed by atoms with Crippen LogP contribution in [-0.2, 0) is 16.1 Å². The van der Waals surface area contributed by atoms with Crippen LogP contribution in [0, 0.1) is 13.8 Å². The Balaban J connectivity index is 1.57. The molecule has 4 rings (SSSR count). The van der Waals surface area contributed by atoms with Crippen molar-refractivity contribution in [3.05, 3.63) is 46.1 Å². The Bertz CT molecular complexity index is 1200. The summed E-state index contributed by atoms with van der Waals surface area (Å²) >= 11 is 1.46. The van der Waals surface area contributed by atoms with Gasteiger partial charge in [-0.05, 0) is 45.4 Å². The molecule has 34 heavy (non-hydrogen) atoms. The van der Waals surface area contributed by atoms with Crippen molar-refractivity contribution in [3.63, 3.8) is 0 Å². The Morgan fingerprint density at radius 3 is 2.82 bits per heavy atom. The maximum Gasteiger partial charge on any atom is 0.256 e. The van der Waals surface area contributed by atoms with Gasteiger partial charge in [0.25, 0.3) is 5.56 Å². The van der Waals surface area contributed by atoms with E-state index in [0.717, 1.165) is 55.2 Å². The molecule has 10 heteroatoms. The largest absolute Gasteiger partial charge is 0.494 e. The number of aryl methyl sites for hydroxylation is 1. The van der Waals surface area contributed by atoms with Gasteiger partial charge in [0, 0.05) is 37.4 Å². The fraction of sp³-hybridized carbons (Fsp3) is 0.500. The van der Waals surface area contributed by atoms with Gasteiger partial charge < -0.3 is 9.47 Å². The number of fused-ring (bicyclic) bond motifs is 1. The third kappa shape index (κ3) is 5.63. The van der Waals surface area contributed by atoms with Crippen LogP contribution in [0.1, 0.15) is 24.6 Å². The SMILES string of the molecule is CCOc1ccc2nc(N(CCCN3CCOCC3)C(=O)Cn3cnc(C)c(C)c3=O)sc2c1. The van der Waals surface area contributed by atoms with Gasteiger partial charge in [-0.3, -0.25) is 24.0 Å². The minimum atomic E-state index is -0.195. The molecular weight excluding hydrogens is 454 g/mol. The highest BCUT2D eigenvalue weighted by Gasteiger charge is 2.22. The summed E-state index contributed by atoms with van der Waals surface area (Å²) in [5, 5.41) is 0.625. The predicted octanol–water partition coefficient (Wildman–Crippen LogP) is 2.62. The van der Waals surface area contributed by atoms with E-state index in [0.29, 0.717) is 29.5 Å². The number of nitrogens with zero attached hydrogens (tertiary/aromatic N) is 5. The summed E-state index contributed by atoms with van der Waals surface area (Å²) in [6.45, 7) is 10.6. The molecule has 0 unspecified atom stereocenters. The standard InChI is InChI=1S/C24H31N5O4S/c1-4-33-19-6-7-20-21(14-19)34-24(26-20)29(9-5-8-27-10-12-32-13-11-27)22(30)15-28-16-25-18(3)17(2)23(28)31/h6-7,14,16H,4-5,8-13,15H2,1-3H3. The number of anilines is 1. The van der Waals surface area contributed by atoms with Crippen molar-refractivity contribution in [2.45, 2.75) is 33.7 Å². The van der Waals surface area contributed by atoms with Gasteiger partial charge in [0.1, 0.15) is 12.3 Å². The van der Waals surface area contributed by atoms with E-state index in [1.54, 1.807) is 18.7 Å². The highest BCUT2D eigenvalue weighted by Crippen LogP contribution is 2.32. The molecule has 0 N–H and O–H groups in total. The molecule has 1 saturated heterocycles. The van der Waals surface area contributed by atoms with E-state index >= 15 is 0 Å². The second-order valence-electron chi connectivity index (χ2n) is 8.30. The molecule has 0 spiro atoms. The lowest BCUT2D eigenvalue weighted by molar-refractivity contribution is -0.119. The number of thiazole rings is 1. The number of rotatable bonds is 9. The lowest BCUT2D eigenvalue weighted by Crippen LogP contribution is -2.41. The van der Waals surface area contributed by atoms with Crippen molar-refractivity contribution >= 4 is 32.6 Å². The first-order chi connectivity index (χ1) is 16.5. The number of amides is 1. The molecule has 1 amide bonds. The van der Waals surface area contributed by atoms with Crippen LogP contribution in [0.3, 0.4) is 0 Å². The average Bonchev–Trinajstić information content (AvgIpc) is 3.26. The van der Waals surface area contributed by atoms with Gasteiger partial charge in [-0.15, -0.1) is 0 Å². The smallest absolute Gasteiger partial charge is 0.256 e. The van der Waals surface area contributed by atoms with E-state index < -0.39 is 0 Å². The summed E-state index contributed by atoms with van der Waals surface area (Å²) < 4.78 is 13.4. The maximum atomic E-state index is 13.4. The molecule has 182 valence electrons. The molecule has 1 aliphatic heterocycles. The Morgan fingerprint density at radius 2 is 2.06 bits per heavy atom. The molecule has 9 nitrogen and oxygen atoms in total. The van der Waals surface area contributed by atoms with Gasteiger partial charge in [-0.2, -0.15) is 0 Å². The van der Waals surface area contributed by atoms with Crippen molar-refractivity contribution in [2.75, 3.05) is 50.9 Å². The lowest BCUT2D eigenvalue weighted by atomic mass is 10.2. The number of hydrogen-bond donors (Lipinski definition) is 0. The second-order valence-corrected chi connectivity index (χ2v) is 9.31. The monoisotopic (exact) mass is 485 g/mol. The predicted molar refractivity (Wildman–Crippen MR) is 133 cm³/mol. The summed E-state index contributed by atoms with van der Waals surface area (Å²) in [7, 11) is 0. The summed E-state index contributed by atoms with van der Waals surface area (Å²) in [6, 6.07) is 5.75. The van der Waals surface area contributed by atoms with Crippen molar-refractivity contribution < 1.29 is 14.3 Å². The highest BCUT2D eigenvalue weighted by molar-refractivity contribution is 7.22. The van der Waals surface area contributed by atoms with Crippen LogP contribution < -0.4 is 15.2 Å². The first-order valence-electron chi connectivity index (χ1n) is 11.6. The summed E-state index contributed by atoms with van der Waals surface area (Å²) in [4.78, 5) is 39.1. The topological polar surface area (TPSA) is 89.8 Å². The van der Waals surface area contributed by atoms with Crippen LogP contribution in [0.4, 0.5) is 5.13 Å². The number of hydrogen-bond acceptors (Lipinski definition) is 8. The minimum absolute atomic E-state index is 0.0787. The third-order valence-corrected chi connectivity index (χ3v) is 7.01. The first-order valence-corrected chi connectivity index (χ1v) is 12.4. The van der Waals surface area contributed by atoms with Gasteiger partial charge >= 0.3 is 0 Å². The molecule has 3 aromatic rings. The fourth-order valence-electron chi connectivity index (χ4n) is 3.89. The summed E-state index contributed by atoms with van der Waals surface area (Å²) in [6.07, 6.45) is 2.24. The third-order valence-electron chi connectivity index (χ3n) is 5.97. The van der Waals surface area contributed by atoms with Gasteiger partial charge in [0.05, 0.1) is 36.4 Å². The molecule has 0 bridgehead atoms. The van der Waals surface area contributed by atoms with Crippen LogP contribution in [0.25, 0.3) is 10.2 Å². The Hall–Kier alpha value is -2.82. The summed E-state index contributed by atoms with van der Waals surface area (Å²) in [5.41, 5.74) is 1.85. The molecule has 0 aliphatic carbocycles. The molecule has 0 radical (unpaired) electrons. The molecule has 3 heterocycles. The Morgan fingerprint density at radius 1 is 1.26 bits per heavy atom. The quantitative estimate of drug-likeness (QED) is 0.460. The van der Waals surface area contributed by atoms with Gasteiger partial charge in [0.2, 0.25) is 5.91 Å². The van der Waals surface area contributed by atoms with Crippen LogP contribution in [0.15, 0.2) is 29.3 Å². The molecule has 1 aromatic carbocycles. The maximum absolute atomic E-state index is 13.4. The highest BCUT2D eigenvalue weighted by atomic mass is 32.1. The van der Waals surface area contributed by atoms with Crippen molar-refractivity contribution in [3.8, 4) is 5.75 Å². The van der Waals surface area contributed by atoms with Crippen molar-refractivity contribution in [1.29, 1.82) is 0 Å². The number of morpholine rings is 1. The lowest BCUT2D eigenvalue weighted by Gasteiger charge is -2.27. The van der Waals surface area contributed by atoms with Gasteiger partial charge in [0.15, 0.2) is 5.13 Å². The number of carbonyl (C=O) groups is 1. The fourth-order valence-corrected chi connectivity index (χ4v) is 4.93. The van der Waals surface area contributed by atoms with E-state index in [4.69, 9.17) is 14.5 Å². The van der Waals surface area contributed by atoms with E-state index in [1.807, 2.05) is 25.1 Å². The van der Waals surface area contributed by atoms with Crippen LogP contribution in [0.2, 0.25) is 0 Å². The molecular formula is C24H31N5O4S. The van der Waals surface area contributed by atoms with E-state index in [9.17, 15) is 9.59 Å². The Labute approximate surface area is 202 Å². The van der Waals surface area contributed by atoms with Crippen molar-refractivity contribution in [1.82, 2.24) is 19.4 Å². The molecule has 2 aromatic heterocycles. The zero-order valence-corrected chi connectivity index (χ0v) is 20.8. The number of aromatic nitrogens is 3. The van der Waals surface area contributed by atoms with Gasteiger partial charge in [-0.1, -0.05) is 11.3 Å². The van der Waals surface area contributed by atoms with Crippen LogP contribution in [0.5, 0.6) is 5.75 Å².